The zero-order valence-electron chi connectivity index (χ0n) is 11.4. The van der Waals surface area contributed by atoms with Crippen LogP contribution in [0.1, 0.15) is 18.5 Å². The van der Waals surface area contributed by atoms with Crippen molar-refractivity contribution in [3.8, 4) is 5.69 Å². The van der Waals surface area contributed by atoms with E-state index >= 15 is 0 Å². The molecular weight excluding hydrogens is 377 g/mol. The van der Waals surface area contributed by atoms with Crippen molar-refractivity contribution >= 4 is 28.3 Å². The van der Waals surface area contributed by atoms with E-state index in [4.69, 9.17) is 0 Å². The Hall–Kier alpha value is -1.96. The molecule has 0 aliphatic rings. The van der Waals surface area contributed by atoms with Gasteiger partial charge in [0.05, 0.1) is 5.69 Å². The number of rotatable bonds is 4. The largest absolute Gasteiger partial charge is 0.378 e. The lowest BCUT2D eigenvalue weighted by Gasteiger charge is -2.16. The average molecular weight is 391 g/mol. The molecule has 0 bridgehead atoms. The monoisotopic (exact) mass is 391 g/mol. The molecule has 106 valence electrons. The summed E-state index contributed by atoms with van der Waals surface area (Å²) in [5.74, 6) is 0. The summed E-state index contributed by atoms with van der Waals surface area (Å²) in [5, 5.41) is 14.8. The van der Waals surface area contributed by atoms with E-state index in [1.54, 1.807) is 11.0 Å². The van der Waals surface area contributed by atoms with Crippen LogP contribution in [0.3, 0.4) is 0 Å². The Morgan fingerprint density at radius 3 is 2.76 bits per heavy atom. The van der Waals surface area contributed by atoms with Crippen molar-refractivity contribution in [3.63, 3.8) is 0 Å². The lowest BCUT2D eigenvalue weighted by atomic mass is 10.1. The topological polar surface area (TPSA) is 55.6 Å². The van der Waals surface area contributed by atoms with Crippen molar-refractivity contribution in [1.29, 1.82) is 0 Å². The van der Waals surface area contributed by atoms with E-state index in [0.717, 1.165) is 11.4 Å². The molecular formula is C15H14IN5. The molecule has 3 aromatic rings. The third kappa shape index (κ3) is 3.38. The first-order valence-electron chi connectivity index (χ1n) is 6.58. The first-order chi connectivity index (χ1) is 10.2. The van der Waals surface area contributed by atoms with Gasteiger partial charge in [0.1, 0.15) is 6.33 Å². The van der Waals surface area contributed by atoms with Gasteiger partial charge < -0.3 is 5.32 Å². The van der Waals surface area contributed by atoms with Gasteiger partial charge in [-0.15, -0.1) is 5.10 Å². The van der Waals surface area contributed by atoms with Gasteiger partial charge in [-0.3, -0.25) is 0 Å². The maximum absolute atomic E-state index is 3.92. The molecule has 1 aromatic heterocycles. The first-order valence-corrected chi connectivity index (χ1v) is 7.66. The van der Waals surface area contributed by atoms with Gasteiger partial charge in [-0.2, -0.15) is 0 Å². The minimum atomic E-state index is 0.194. The maximum Gasteiger partial charge on any atom is 0.143 e. The molecule has 2 aromatic carbocycles. The molecule has 0 aliphatic heterocycles. The van der Waals surface area contributed by atoms with Crippen molar-refractivity contribution < 1.29 is 0 Å². The highest BCUT2D eigenvalue weighted by molar-refractivity contribution is 14.1. The predicted octanol–water partition coefficient (Wildman–Crippen LogP) is 3.44. The lowest BCUT2D eigenvalue weighted by Crippen LogP contribution is -2.07. The molecule has 0 saturated carbocycles. The highest BCUT2D eigenvalue weighted by Gasteiger charge is 2.07. The van der Waals surface area contributed by atoms with Crippen LogP contribution >= 0.6 is 22.6 Å². The fourth-order valence-electron chi connectivity index (χ4n) is 2.13. The summed E-state index contributed by atoms with van der Waals surface area (Å²) in [6.45, 7) is 2.14. The van der Waals surface area contributed by atoms with Gasteiger partial charge in [0, 0.05) is 15.3 Å². The Labute approximate surface area is 136 Å². The van der Waals surface area contributed by atoms with Gasteiger partial charge >= 0.3 is 0 Å². The maximum atomic E-state index is 3.92. The average Bonchev–Trinajstić information content (AvgIpc) is 3.02. The van der Waals surface area contributed by atoms with Crippen molar-refractivity contribution in [2.75, 3.05) is 5.32 Å². The number of nitrogens with one attached hydrogen (secondary N) is 1. The predicted molar refractivity (Wildman–Crippen MR) is 90.4 cm³/mol. The van der Waals surface area contributed by atoms with E-state index in [1.165, 1.54) is 9.13 Å². The molecule has 0 radical (unpaired) electrons. The molecule has 1 atom stereocenters. The molecule has 1 N–H and O–H groups in total. The normalized spacial score (nSPS) is 12.1. The first kappa shape index (κ1) is 14.0. The Bertz CT molecular complexity index is 726. The van der Waals surface area contributed by atoms with E-state index in [1.807, 2.05) is 18.2 Å². The zero-order chi connectivity index (χ0) is 14.7. The number of nitrogens with zero attached hydrogens (tertiary/aromatic N) is 4. The Morgan fingerprint density at radius 1 is 1.14 bits per heavy atom. The van der Waals surface area contributed by atoms with E-state index in [9.17, 15) is 0 Å². The number of tetrazole rings is 1. The van der Waals surface area contributed by atoms with Crippen molar-refractivity contribution in [2.24, 2.45) is 0 Å². The summed E-state index contributed by atoms with van der Waals surface area (Å²) in [7, 11) is 0. The van der Waals surface area contributed by atoms with E-state index < -0.39 is 0 Å². The smallest absolute Gasteiger partial charge is 0.143 e. The summed E-state index contributed by atoms with van der Waals surface area (Å²) >= 11 is 2.31. The van der Waals surface area contributed by atoms with Gasteiger partial charge in [0.2, 0.25) is 0 Å². The van der Waals surface area contributed by atoms with E-state index in [-0.39, 0.29) is 6.04 Å². The van der Waals surface area contributed by atoms with Crippen LogP contribution in [-0.2, 0) is 0 Å². The fraction of sp³-hybridized carbons (Fsp3) is 0.133. The highest BCUT2D eigenvalue weighted by Crippen LogP contribution is 2.22. The van der Waals surface area contributed by atoms with Crippen LogP contribution in [0.2, 0.25) is 0 Å². The number of benzene rings is 2. The van der Waals surface area contributed by atoms with Crippen LogP contribution in [0, 0.1) is 3.57 Å². The molecule has 0 amide bonds. The number of aromatic nitrogens is 4. The molecule has 1 heterocycles. The SMILES string of the molecule is CC(Nc1cccc(I)c1)c1cccc(-n2cnnn2)c1. The van der Waals surface area contributed by atoms with Crippen LogP contribution < -0.4 is 5.32 Å². The van der Waals surface area contributed by atoms with E-state index in [2.05, 4.69) is 80.7 Å². The molecule has 1 unspecified atom stereocenters. The molecule has 21 heavy (non-hydrogen) atoms. The third-order valence-electron chi connectivity index (χ3n) is 3.19. The summed E-state index contributed by atoms with van der Waals surface area (Å²) in [6, 6.07) is 16.7. The number of halogens is 1. The molecule has 6 heteroatoms. The number of hydrogen-bond acceptors (Lipinski definition) is 4. The van der Waals surface area contributed by atoms with Gasteiger partial charge in [0.25, 0.3) is 0 Å². The summed E-state index contributed by atoms with van der Waals surface area (Å²) in [4.78, 5) is 0. The summed E-state index contributed by atoms with van der Waals surface area (Å²) in [6.07, 6.45) is 1.59. The summed E-state index contributed by atoms with van der Waals surface area (Å²) < 4.78 is 2.87. The zero-order valence-corrected chi connectivity index (χ0v) is 13.6. The Kier molecular flexibility index (Phi) is 4.14. The molecule has 3 rings (SSSR count). The quantitative estimate of drug-likeness (QED) is 0.693. The van der Waals surface area contributed by atoms with Crippen molar-refractivity contribution in [1.82, 2.24) is 20.2 Å². The van der Waals surface area contributed by atoms with Gasteiger partial charge in [-0.05, 0) is 75.8 Å². The lowest BCUT2D eigenvalue weighted by molar-refractivity contribution is 0.785. The van der Waals surface area contributed by atoms with Gasteiger partial charge in [-0.25, -0.2) is 4.68 Å². The van der Waals surface area contributed by atoms with Gasteiger partial charge in [0.15, 0.2) is 0 Å². The Balaban J connectivity index is 1.81. The van der Waals surface area contributed by atoms with Crippen LogP contribution in [0.4, 0.5) is 5.69 Å². The number of hydrogen-bond donors (Lipinski definition) is 1. The highest BCUT2D eigenvalue weighted by atomic mass is 127. The van der Waals surface area contributed by atoms with Crippen LogP contribution in [0.5, 0.6) is 0 Å². The standard InChI is InChI=1S/C15H14IN5/c1-11(18-14-6-3-5-13(16)9-14)12-4-2-7-15(8-12)21-10-17-19-20-21/h2-11,18H,1H3. The number of anilines is 1. The van der Waals surface area contributed by atoms with Crippen molar-refractivity contribution in [2.45, 2.75) is 13.0 Å². The van der Waals surface area contributed by atoms with Crippen LogP contribution in [0.25, 0.3) is 5.69 Å². The molecule has 0 spiro atoms. The second-order valence-corrected chi connectivity index (χ2v) is 5.97. The minimum Gasteiger partial charge on any atom is -0.378 e. The van der Waals surface area contributed by atoms with Crippen molar-refractivity contribution in [3.05, 3.63) is 64.0 Å². The fourth-order valence-corrected chi connectivity index (χ4v) is 2.67. The second kappa shape index (κ2) is 6.21. The Morgan fingerprint density at radius 2 is 2.00 bits per heavy atom. The summed E-state index contributed by atoms with van der Waals surface area (Å²) in [5.41, 5.74) is 3.25. The molecule has 0 saturated heterocycles. The third-order valence-corrected chi connectivity index (χ3v) is 3.86. The molecule has 0 aliphatic carbocycles. The van der Waals surface area contributed by atoms with Crippen LogP contribution in [0.15, 0.2) is 54.9 Å². The molecule has 0 fully saturated rings. The van der Waals surface area contributed by atoms with Crippen LogP contribution in [-0.4, -0.2) is 20.2 Å². The molecule has 5 nitrogen and oxygen atoms in total. The minimum absolute atomic E-state index is 0.194. The van der Waals surface area contributed by atoms with Gasteiger partial charge in [-0.1, -0.05) is 18.2 Å². The van der Waals surface area contributed by atoms with E-state index in [0.29, 0.717) is 0 Å². The second-order valence-electron chi connectivity index (χ2n) is 4.73.